The molecule has 1 saturated heterocycles. The maximum absolute atomic E-state index is 14.0. The SMILES string of the molecule is CCOc1cc([C@H](C)N2CCc3c(cc(CCN4C[C@@H](O)[C@H]4C)cc3-c3ccc(F)nc3C)C2=O)ncc1C#N. The van der Waals surface area contributed by atoms with Gasteiger partial charge in [-0.25, -0.2) is 4.98 Å². The number of pyridine rings is 2. The molecule has 0 aliphatic carbocycles. The number of fused-ring (bicyclic) bond motifs is 1. The highest BCUT2D eigenvalue weighted by Gasteiger charge is 2.34. The lowest BCUT2D eigenvalue weighted by molar-refractivity contribution is -0.0510. The number of hydrogen-bond acceptors (Lipinski definition) is 7. The molecule has 2 aromatic heterocycles. The Kier molecular flexibility index (Phi) is 7.83. The van der Waals surface area contributed by atoms with Crippen LogP contribution in [0, 0.1) is 24.2 Å². The van der Waals surface area contributed by atoms with Crippen LogP contribution in [-0.2, 0) is 12.8 Å². The van der Waals surface area contributed by atoms with Gasteiger partial charge in [0.15, 0.2) is 0 Å². The summed E-state index contributed by atoms with van der Waals surface area (Å²) >= 11 is 0. The average Bonchev–Trinajstić information content (AvgIpc) is 2.95. The smallest absolute Gasteiger partial charge is 0.254 e. The third-order valence-electron chi connectivity index (χ3n) is 8.19. The van der Waals surface area contributed by atoms with Crippen LogP contribution < -0.4 is 4.74 Å². The number of aliphatic hydroxyl groups is 1. The first-order valence-electron chi connectivity index (χ1n) is 13.8. The molecular weight excluding hydrogens is 509 g/mol. The van der Waals surface area contributed by atoms with Crippen molar-refractivity contribution in [2.24, 2.45) is 0 Å². The number of carbonyl (C=O) groups is 1. The molecule has 1 fully saturated rings. The Morgan fingerprint density at radius 2 is 2.02 bits per heavy atom. The van der Waals surface area contributed by atoms with E-state index in [1.165, 1.54) is 12.3 Å². The summed E-state index contributed by atoms with van der Waals surface area (Å²) < 4.78 is 19.5. The first-order valence-corrected chi connectivity index (χ1v) is 13.8. The van der Waals surface area contributed by atoms with E-state index in [2.05, 4.69) is 27.0 Å². The molecule has 0 bridgehead atoms. The maximum Gasteiger partial charge on any atom is 0.254 e. The van der Waals surface area contributed by atoms with Crippen molar-refractivity contribution in [1.29, 1.82) is 5.26 Å². The minimum absolute atomic E-state index is 0.0959. The molecule has 1 aromatic carbocycles. The Morgan fingerprint density at radius 1 is 1.25 bits per heavy atom. The number of benzene rings is 1. The zero-order valence-corrected chi connectivity index (χ0v) is 23.3. The molecule has 1 amide bonds. The second-order valence-electron chi connectivity index (χ2n) is 10.6. The lowest BCUT2D eigenvalue weighted by atomic mass is 9.86. The van der Waals surface area contributed by atoms with Crippen LogP contribution >= 0.6 is 0 Å². The molecule has 40 heavy (non-hydrogen) atoms. The van der Waals surface area contributed by atoms with E-state index in [1.54, 1.807) is 19.1 Å². The summed E-state index contributed by atoms with van der Waals surface area (Å²) in [6, 6.07) is 10.8. The van der Waals surface area contributed by atoms with Crippen LogP contribution in [0.1, 0.15) is 65.2 Å². The predicted octanol–water partition coefficient (Wildman–Crippen LogP) is 4.23. The van der Waals surface area contributed by atoms with E-state index in [-0.39, 0.29) is 24.1 Å². The molecule has 5 rings (SSSR count). The lowest BCUT2D eigenvalue weighted by Crippen LogP contribution is -2.58. The topological polar surface area (TPSA) is 103 Å². The van der Waals surface area contributed by atoms with Gasteiger partial charge in [0.2, 0.25) is 5.95 Å². The summed E-state index contributed by atoms with van der Waals surface area (Å²) in [7, 11) is 0. The number of ether oxygens (including phenoxy) is 1. The first-order chi connectivity index (χ1) is 19.2. The molecule has 9 heteroatoms. The van der Waals surface area contributed by atoms with Crippen molar-refractivity contribution in [2.75, 3.05) is 26.2 Å². The fourth-order valence-corrected chi connectivity index (χ4v) is 5.68. The largest absolute Gasteiger partial charge is 0.492 e. The molecule has 1 N–H and O–H groups in total. The highest BCUT2D eigenvalue weighted by atomic mass is 19.1. The van der Waals surface area contributed by atoms with Gasteiger partial charge in [0.1, 0.15) is 17.4 Å². The molecule has 0 saturated carbocycles. The van der Waals surface area contributed by atoms with Gasteiger partial charge in [0, 0.05) is 54.8 Å². The average molecular weight is 544 g/mol. The fraction of sp³-hybridized carbons (Fsp3) is 0.419. The fourth-order valence-electron chi connectivity index (χ4n) is 5.68. The van der Waals surface area contributed by atoms with E-state index in [9.17, 15) is 19.6 Å². The Morgan fingerprint density at radius 3 is 2.70 bits per heavy atom. The number of aryl methyl sites for hydroxylation is 1. The molecule has 2 aliphatic heterocycles. The third kappa shape index (κ3) is 5.17. The lowest BCUT2D eigenvalue weighted by Gasteiger charge is -2.43. The number of nitrogens with zero attached hydrogens (tertiary/aromatic N) is 5. The molecule has 0 radical (unpaired) electrons. The van der Waals surface area contributed by atoms with E-state index >= 15 is 0 Å². The number of aromatic nitrogens is 2. The van der Waals surface area contributed by atoms with Gasteiger partial charge in [0.25, 0.3) is 5.91 Å². The van der Waals surface area contributed by atoms with Gasteiger partial charge < -0.3 is 14.7 Å². The van der Waals surface area contributed by atoms with Gasteiger partial charge >= 0.3 is 0 Å². The Bertz CT molecular complexity index is 1490. The zero-order valence-electron chi connectivity index (χ0n) is 23.3. The molecule has 3 atom stereocenters. The van der Waals surface area contributed by atoms with Gasteiger partial charge in [-0.3, -0.25) is 14.7 Å². The van der Waals surface area contributed by atoms with Crippen molar-refractivity contribution >= 4 is 5.91 Å². The number of rotatable bonds is 8. The number of β-amino-alcohol motifs (C(OH)–C–C–N with tert-alkyl or cyclic N) is 1. The van der Waals surface area contributed by atoms with Crippen LogP contribution in [-0.4, -0.2) is 69.2 Å². The summed E-state index contributed by atoms with van der Waals surface area (Å²) in [5.74, 6) is -0.170. The van der Waals surface area contributed by atoms with Crippen molar-refractivity contribution in [3.8, 4) is 22.9 Å². The quantitative estimate of drug-likeness (QED) is 0.424. The molecule has 0 unspecified atom stereocenters. The molecule has 2 aliphatic rings. The number of hydrogen-bond donors (Lipinski definition) is 1. The second-order valence-corrected chi connectivity index (χ2v) is 10.6. The van der Waals surface area contributed by atoms with E-state index in [1.807, 2.05) is 31.7 Å². The molecule has 4 heterocycles. The van der Waals surface area contributed by atoms with E-state index in [0.29, 0.717) is 60.8 Å². The number of aliphatic hydroxyl groups excluding tert-OH is 1. The van der Waals surface area contributed by atoms with Gasteiger partial charge in [0.05, 0.1) is 24.4 Å². The maximum atomic E-state index is 14.0. The highest BCUT2D eigenvalue weighted by molar-refractivity contribution is 5.99. The summed E-state index contributed by atoms with van der Waals surface area (Å²) in [5.41, 5.74) is 5.88. The number of nitriles is 1. The summed E-state index contributed by atoms with van der Waals surface area (Å²) in [5, 5.41) is 19.3. The number of likely N-dealkylation sites (tertiary alicyclic amines) is 1. The molecule has 3 aromatic rings. The van der Waals surface area contributed by atoms with E-state index < -0.39 is 5.95 Å². The highest BCUT2D eigenvalue weighted by Crippen LogP contribution is 2.36. The van der Waals surface area contributed by atoms with Crippen molar-refractivity contribution in [3.63, 3.8) is 0 Å². The predicted molar refractivity (Wildman–Crippen MR) is 148 cm³/mol. The summed E-state index contributed by atoms with van der Waals surface area (Å²) in [4.78, 5) is 26.6. The summed E-state index contributed by atoms with van der Waals surface area (Å²) in [6.45, 7) is 9.90. The standard InChI is InChI=1S/C31H34FN5O3/c1-5-40-29-14-27(34-16-22(29)15-33)19(3)37-11-9-24-25(23-6-7-30(32)35-18(23)2)12-21(13-26(24)31(37)39)8-10-36-17-28(38)20(36)4/h6-7,12-14,16,19-20,28,38H,5,8-11,17H2,1-4H3/t19-,20+,28+/m0/s1. The van der Waals surface area contributed by atoms with Gasteiger partial charge in [-0.2, -0.15) is 9.65 Å². The minimum atomic E-state index is -0.533. The van der Waals surface area contributed by atoms with Crippen molar-refractivity contribution in [1.82, 2.24) is 19.8 Å². The van der Waals surface area contributed by atoms with Crippen LogP contribution in [0.5, 0.6) is 5.75 Å². The summed E-state index contributed by atoms with van der Waals surface area (Å²) in [6.07, 6.45) is 2.53. The van der Waals surface area contributed by atoms with Crippen LogP contribution in [0.25, 0.3) is 11.1 Å². The van der Waals surface area contributed by atoms with Crippen LogP contribution in [0.3, 0.4) is 0 Å². The molecule has 0 spiro atoms. The normalized spacial score (nSPS) is 19.5. The minimum Gasteiger partial charge on any atom is -0.492 e. The van der Waals surface area contributed by atoms with Crippen LogP contribution in [0.4, 0.5) is 4.39 Å². The number of halogens is 1. The zero-order chi connectivity index (χ0) is 28.6. The van der Waals surface area contributed by atoms with Gasteiger partial charge in [-0.1, -0.05) is 6.07 Å². The number of carbonyl (C=O) groups excluding carboxylic acids is 1. The van der Waals surface area contributed by atoms with Crippen LogP contribution in [0.2, 0.25) is 0 Å². The van der Waals surface area contributed by atoms with Crippen molar-refractivity contribution in [2.45, 2.75) is 58.7 Å². The Hall–Kier alpha value is -3.87. The number of amides is 1. The Balaban J connectivity index is 1.50. The molecule has 8 nitrogen and oxygen atoms in total. The molecular formula is C31H34FN5O3. The van der Waals surface area contributed by atoms with Crippen LogP contribution in [0.15, 0.2) is 36.5 Å². The van der Waals surface area contributed by atoms with E-state index in [4.69, 9.17) is 4.74 Å². The third-order valence-corrected chi connectivity index (χ3v) is 8.19. The van der Waals surface area contributed by atoms with Gasteiger partial charge in [-0.05, 0) is 75.4 Å². The first kappa shape index (κ1) is 27.7. The van der Waals surface area contributed by atoms with Gasteiger partial charge in [-0.15, -0.1) is 0 Å². The monoisotopic (exact) mass is 543 g/mol. The Labute approximate surface area is 234 Å². The molecule has 208 valence electrons. The van der Waals surface area contributed by atoms with Crippen molar-refractivity contribution < 1.29 is 19.0 Å². The van der Waals surface area contributed by atoms with E-state index in [0.717, 1.165) is 28.8 Å². The van der Waals surface area contributed by atoms with Crippen molar-refractivity contribution in [3.05, 3.63) is 76.1 Å². The second kappa shape index (κ2) is 11.3.